The van der Waals surface area contributed by atoms with Gasteiger partial charge < -0.3 is 14.0 Å². The number of rotatable bonds is 2. The van der Waals surface area contributed by atoms with Gasteiger partial charge in [0.1, 0.15) is 5.75 Å². The van der Waals surface area contributed by atoms with Crippen molar-refractivity contribution in [3.63, 3.8) is 0 Å². The summed E-state index contributed by atoms with van der Waals surface area (Å²) in [5.41, 5.74) is 1.07. The molecule has 0 N–H and O–H groups in total. The van der Waals surface area contributed by atoms with Gasteiger partial charge in [-0.05, 0) is 28.4 Å². The maximum absolute atomic E-state index is 5.56. The zero-order valence-electron chi connectivity index (χ0n) is 9.68. The molecule has 1 aliphatic heterocycles. The minimum absolute atomic E-state index is 0.245. The molecule has 1 heterocycles. The molecule has 0 unspecified atom stereocenters. The lowest BCUT2D eigenvalue weighted by atomic mass is 9.76. The van der Waals surface area contributed by atoms with Gasteiger partial charge in [-0.1, -0.05) is 24.3 Å². The highest BCUT2D eigenvalue weighted by atomic mass is 16.6. The summed E-state index contributed by atoms with van der Waals surface area (Å²) in [6, 6.07) is 12.2. The van der Waals surface area contributed by atoms with Crippen LogP contribution in [-0.4, -0.2) is 27.4 Å². The smallest absolute Gasteiger partial charge is 0.494 e. The van der Waals surface area contributed by atoms with E-state index in [2.05, 4.69) is 6.07 Å². The van der Waals surface area contributed by atoms with Crippen LogP contribution in [0.4, 0.5) is 0 Å². The fourth-order valence-electron chi connectivity index (χ4n) is 2.15. The van der Waals surface area contributed by atoms with E-state index in [9.17, 15) is 0 Å². The van der Waals surface area contributed by atoms with Gasteiger partial charge in [0, 0.05) is 0 Å². The molecular weight excluding hydrogens is 215 g/mol. The lowest BCUT2D eigenvalue weighted by Crippen LogP contribution is -2.32. The summed E-state index contributed by atoms with van der Waals surface area (Å²) in [5.74, 6) is 0.850. The third-order valence-electron chi connectivity index (χ3n) is 3.00. The van der Waals surface area contributed by atoms with Gasteiger partial charge in [0.15, 0.2) is 0 Å². The molecule has 3 nitrogen and oxygen atoms in total. The van der Waals surface area contributed by atoms with E-state index in [-0.39, 0.29) is 7.12 Å². The van der Waals surface area contributed by atoms with E-state index in [0.717, 1.165) is 16.6 Å². The molecule has 2 aromatic rings. The van der Waals surface area contributed by atoms with E-state index in [1.54, 1.807) is 7.11 Å². The highest BCUT2D eigenvalue weighted by molar-refractivity contribution is 6.64. The molecule has 0 atom stereocenters. The molecule has 1 saturated heterocycles. The third-order valence-corrected chi connectivity index (χ3v) is 3.00. The van der Waals surface area contributed by atoms with Gasteiger partial charge >= 0.3 is 7.12 Å². The van der Waals surface area contributed by atoms with Crippen LogP contribution in [0.5, 0.6) is 5.75 Å². The van der Waals surface area contributed by atoms with Gasteiger partial charge in [-0.15, -0.1) is 0 Å². The third kappa shape index (κ3) is 1.90. The van der Waals surface area contributed by atoms with Gasteiger partial charge in [-0.25, -0.2) is 0 Å². The Morgan fingerprint density at radius 1 is 1.12 bits per heavy atom. The van der Waals surface area contributed by atoms with Crippen LogP contribution in [0.3, 0.4) is 0 Å². The fourth-order valence-corrected chi connectivity index (χ4v) is 2.15. The maximum Gasteiger partial charge on any atom is 0.494 e. The molecular formula is C13H13BO3. The van der Waals surface area contributed by atoms with Crippen molar-refractivity contribution < 1.29 is 14.0 Å². The number of hydrogen-bond acceptors (Lipinski definition) is 3. The van der Waals surface area contributed by atoms with Crippen LogP contribution in [-0.2, 0) is 9.31 Å². The molecule has 0 saturated carbocycles. The van der Waals surface area contributed by atoms with Gasteiger partial charge in [-0.3, -0.25) is 0 Å². The SMILES string of the molecule is COc1ccc2cccc(B3OCCO3)c2c1. The molecule has 0 spiro atoms. The van der Waals surface area contributed by atoms with Gasteiger partial charge in [0.2, 0.25) is 0 Å². The van der Waals surface area contributed by atoms with Gasteiger partial charge in [0.25, 0.3) is 0 Å². The second-order valence-electron chi connectivity index (χ2n) is 4.01. The summed E-state index contributed by atoms with van der Waals surface area (Å²) in [7, 11) is 1.43. The predicted molar refractivity (Wildman–Crippen MR) is 67.8 cm³/mol. The Morgan fingerprint density at radius 2 is 1.94 bits per heavy atom. The highest BCUT2D eigenvalue weighted by Crippen LogP contribution is 2.20. The molecule has 0 radical (unpaired) electrons. The Kier molecular flexibility index (Phi) is 2.75. The highest BCUT2D eigenvalue weighted by Gasteiger charge is 2.27. The standard InChI is InChI=1S/C13H13BO3/c1-15-11-6-5-10-3-2-4-13(12(10)9-11)14-16-7-8-17-14/h2-6,9H,7-8H2,1H3. The molecule has 0 amide bonds. The Balaban J connectivity index is 2.15. The molecule has 4 heteroatoms. The Morgan fingerprint density at radius 3 is 2.71 bits per heavy atom. The summed E-state index contributed by atoms with van der Waals surface area (Å²) >= 11 is 0. The molecule has 0 bridgehead atoms. The lowest BCUT2D eigenvalue weighted by Gasteiger charge is -2.09. The second-order valence-corrected chi connectivity index (χ2v) is 4.01. The van der Waals surface area contributed by atoms with Gasteiger partial charge in [0.05, 0.1) is 20.3 Å². The Labute approximate surface area is 100 Å². The average Bonchev–Trinajstić information content (AvgIpc) is 2.91. The van der Waals surface area contributed by atoms with Crippen LogP contribution >= 0.6 is 0 Å². The summed E-state index contributed by atoms with van der Waals surface area (Å²) in [5, 5.41) is 2.29. The Bertz CT molecular complexity index is 535. The van der Waals surface area contributed by atoms with Crippen LogP contribution in [0.15, 0.2) is 36.4 Å². The number of hydrogen-bond donors (Lipinski definition) is 0. The van der Waals surface area contributed by atoms with Crippen molar-refractivity contribution in [2.45, 2.75) is 0 Å². The largest absolute Gasteiger partial charge is 0.497 e. The zero-order valence-corrected chi connectivity index (χ0v) is 9.68. The van der Waals surface area contributed by atoms with Crippen molar-refractivity contribution in [2.24, 2.45) is 0 Å². The maximum atomic E-state index is 5.56. The number of methoxy groups -OCH3 is 1. The summed E-state index contributed by atoms with van der Waals surface area (Å²) in [6.07, 6.45) is 0. The normalized spacial score (nSPS) is 15.5. The van der Waals surface area contributed by atoms with Crippen molar-refractivity contribution in [2.75, 3.05) is 20.3 Å². The van der Waals surface area contributed by atoms with E-state index in [1.165, 1.54) is 5.39 Å². The van der Waals surface area contributed by atoms with E-state index < -0.39 is 0 Å². The lowest BCUT2D eigenvalue weighted by molar-refractivity contribution is 0.365. The minimum Gasteiger partial charge on any atom is -0.497 e. The predicted octanol–water partition coefficient (Wildman–Crippen LogP) is 1.59. The quantitative estimate of drug-likeness (QED) is 0.730. The second kappa shape index (κ2) is 4.39. The molecule has 0 aliphatic carbocycles. The molecule has 0 aromatic heterocycles. The van der Waals surface area contributed by atoms with Crippen LogP contribution in [0.2, 0.25) is 0 Å². The number of ether oxygens (including phenoxy) is 1. The molecule has 1 fully saturated rings. The van der Waals surface area contributed by atoms with E-state index in [4.69, 9.17) is 14.0 Å². The fraction of sp³-hybridized carbons (Fsp3) is 0.231. The van der Waals surface area contributed by atoms with Crippen LogP contribution in [0.1, 0.15) is 0 Å². The first-order valence-corrected chi connectivity index (χ1v) is 5.68. The zero-order chi connectivity index (χ0) is 11.7. The van der Waals surface area contributed by atoms with Crippen LogP contribution in [0, 0.1) is 0 Å². The summed E-state index contributed by atoms with van der Waals surface area (Å²) in [6.45, 7) is 1.32. The Hall–Kier alpha value is -1.52. The molecule has 2 aromatic carbocycles. The molecule has 86 valence electrons. The van der Waals surface area contributed by atoms with Crippen molar-refractivity contribution in [3.8, 4) is 5.75 Å². The van der Waals surface area contributed by atoms with E-state index in [0.29, 0.717) is 13.2 Å². The summed E-state index contributed by atoms with van der Waals surface area (Å²) in [4.78, 5) is 0. The number of fused-ring (bicyclic) bond motifs is 1. The molecule has 1 aliphatic rings. The van der Waals surface area contributed by atoms with Crippen molar-refractivity contribution in [1.29, 1.82) is 0 Å². The van der Waals surface area contributed by atoms with Gasteiger partial charge in [-0.2, -0.15) is 0 Å². The first-order chi connectivity index (χ1) is 8.38. The van der Waals surface area contributed by atoms with Crippen molar-refractivity contribution in [3.05, 3.63) is 36.4 Å². The van der Waals surface area contributed by atoms with Crippen molar-refractivity contribution >= 4 is 23.4 Å². The monoisotopic (exact) mass is 228 g/mol. The first-order valence-electron chi connectivity index (χ1n) is 5.68. The van der Waals surface area contributed by atoms with E-state index >= 15 is 0 Å². The summed E-state index contributed by atoms with van der Waals surface area (Å²) < 4.78 is 16.4. The number of benzene rings is 2. The van der Waals surface area contributed by atoms with Crippen LogP contribution in [0.25, 0.3) is 10.8 Å². The molecule has 17 heavy (non-hydrogen) atoms. The minimum atomic E-state index is -0.245. The van der Waals surface area contributed by atoms with E-state index in [1.807, 2.05) is 30.3 Å². The molecule has 3 rings (SSSR count). The van der Waals surface area contributed by atoms with Crippen molar-refractivity contribution in [1.82, 2.24) is 0 Å². The first kappa shape index (κ1) is 10.6. The average molecular weight is 228 g/mol. The van der Waals surface area contributed by atoms with Crippen LogP contribution < -0.4 is 10.2 Å². The topological polar surface area (TPSA) is 27.7 Å².